The second kappa shape index (κ2) is 13.3. The summed E-state index contributed by atoms with van der Waals surface area (Å²) in [6, 6.07) is 20.3. The number of nitrogens with two attached hydrogens (primary N) is 1. The van der Waals surface area contributed by atoms with Crippen LogP contribution in [-0.2, 0) is 14.4 Å². The number of thiophene rings is 1. The maximum absolute atomic E-state index is 14.1. The van der Waals surface area contributed by atoms with E-state index in [0.29, 0.717) is 16.2 Å². The van der Waals surface area contributed by atoms with E-state index in [-0.39, 0.29) is 24.6 Å². The number of carbonyl (C=O) groups excluding carboxylic acids is 2. The summed E-state index contributed by atoms with van der Waals surface area (Å²) >= 11 is 1.20. The summed E-state index contributed by atoms with van der Waals surface area (Å²) in [5.41, 5.74) is 7.43. The molecule has 3 atom stereocenters. The largest absolute Gasteiger partial charge is 0.481 e. The van der Waals surface area contributed by atoms with Gasteiger partial charge in [-0.15, -0.1) is 11.3 Å². The number of carbonyl (C=O) groups is 3. The van der Waals surface area contributed by atoms with Crippen molar-refractivity contribution in [2.45, 2.75) is 43.3 Å². The zero-order valence-electron chi connectivity index (χ0n) is 21.4. The molecule has 0 spiro atoms. The van der Waals surface area contributed by atoms with Gasteiger partial charge in [-0.25, -0.2) is 0 Å². The number of nitrogens with one attached hydrogen (secondary N) is 4. The van der Waals surface area contributed by atoms with Gasteiger partial charge in [0.25, 0.3) is 0 Å². The lowest BCUT2D eigenvalue weighted by atomic mass is 9.84. The zero-order chi connectivity index (χ0) is 27.8. The van der Waals surface area contributed by atoms with E-state index >= 15 is 0 Å². The standard InChI is InChI=1S/C29H33N5O4S/c30-28(31)22-14-13-21(39-22)25(27(37)20-12-7-16-32-20)34-29(38)26(33-17-15-23(35)36)24(18-8-3-1-4-9-18)19-10-5-2-6-11-19/h1-6,8-11,13-14,20,24-26,32-33H,7,12,15-17H2,(H3,30,31)(H,34,38)(H,35,36)/t20-,25?,26+/m0/s1. The van der Waals surface area contributed by atoms with Gasteiger partial charge in [0.15, 0.2) is 5.78 Å². The summed E-state index contributed by atoms with van der Waals surface area (Å²) in [6.45, 7) is 0.795. The highest BCUT2D eigenvalue weighted by atomic mass is 32.1. The Morgan fingerprint density at radius 1 is 1.03 bits per heavy atom. The number of rotatable bonds is 13. The molecule has 0 saturated carbocycles. The van der Waals surface area contributed by atoms with E-state index in [1.54, 1.807) is 12.1 Å². The first-order valence-electron chi connectivity index (χ1n) is 12.9. The molecule has 1 saturated heterocycles. The summed E-state index contributed by atoms with van der Waals surface area (Å²) in [6.07, 6.45) is 1.37. The summed E-state index contributed by atoms with van der Waals surface area (Å²) in [4.78, 5) is 40.1. The predicted molar refractivity (Wildman–Crippen MR) is 151 cm³/mol. The molecule has 0 bridgehead atoms. The van der Waals surface area contributed by atoms with Crippen LogP contribution in [0.15, 0.2) is 72.8 Å². The third-order valence-corrected chi connectivity index (χ3v) is 7.97. The normalized spacial score (nSPS) is 16.5. The zero-order valence-corrected chi connectivity index (χ0v) is 22.2. The van der Waals surface area contributed by atoms with Gasteiger partial charge in [-0.1, -0.05) is 60.7 Å². The Labute approximate surface area is 231 Å². The fourth-order valence-corrected chi connectivity index (χ4v) is 5.82. The second-order valence-corrected chi connectivity index (χ2v) is 10.6. The van der Waals surface area contributed by atoms with Crippen molar-refractivity contribution >= 4 is 34.8 Å². The van der Waals surface area contributed by atoms with Gasteiger partial charge in [0.1, 0.15) is 11.9 Å². The molecule has 1 amide bonds. The van der Waals surface area contributed by atoms with Crippen LogP contribution in [0.25, 0.3) is 0 Å². The molecule has 0 aliphatic carbocycles. The summed E-state index contributed by atoms with van der Waals surface area (Å²) < 4.78 is 0. The highest BCUT2D eigenvalue weighted by molar-refractivity contribution is 7.14. The quantitative estimate of drug-likeness (QED) is 0.142. The Morgan fingerprint density at radius 3 is 2.18 bits per heavy atom. The molecular weight excluding hydrogens is 514 g/mol. The van der Waals surface area contributed by atoms with Crippen molar-refractivity contribution in [3.63, 3.8) is 0 Å². The van der Waals surface area contributed by atoms with Crippen molar-refractivity contribution in [3.05, 3.63) is 93.7 Å². The molecule has 9 nitrogen and oxygen atoms in total. The van der Waals surface area contributed by atoms with E-state index in [1.165, 1.54) is 11.3 Å². The van der Waals surface area contributed by atoms with Crippen molar-refractivity contribution in [1.29, 1.82) is 5.41 Å². The SMILES string of the molecule is N=C(N)c1ccc(C(NC(=O)[C@H](NCCC(=O)O)C(c2ccccc2)c2ccccc2)C(=O)[C@@H]2CCCN2)s1. The van der Waals surface area contributed by atoms with E-state index in [4.69, 9.17) is 11.1 Å². The number of amidine groups is 1. The van der Waals surface area contributed by atoms with Crippen LogP contribution in [0.5, 0.6) is 0 Å². The molecule has 1 aliphatic rings. The number of carboxylic acid groups (broad SMARTS) is 1. The van der Waals surface area contributed by atoms with Crippen LogP contribution in [-0.4, -0.2) is 53.8 Å². The lowest BCUT2D eigenvalue weighted by Gasteiger charge is -2.30. The van der Waals surface area contributed by atoms with E-state index < -0.39 is 35.9 Å². The van der Waals surface area contributed by atoms with Crippen molar-refractivity contribution in [1.82, 2.24) is 16.0 Å². The lowest BCUT2D eigenvalue weighted by Crippen LogP contribution is -2.52. The Balaban J connectivity index is 1.71. The lowest BCUT2D eigenvalue weighted by molar-refractivity contribution is -0.137. The molecule has 2 aromatic carbocycles. The maximum atomic E-state index is 14.1. The Morgan fingerprint density at radius 2 is 1.67 bits per heavy atom. The van der Waals surface area contributed by atoms with Gasteiger partial charge in [-0.3, -0.25) is 19.8 Å². The van der Waals surface area contributed by atoms with Crippen LogP contribution in [0.4, 0.5) is 0 Å². The molecule has 1 unspecified atom stereocenters. The molecule has 4 rings (SSSR count). The highest BCUT2D eigenvalue weighted by Gasteiger charge is 2.37. The highest BCUT2D eigenvalue weighted by Crippen LogP contribution is 2.31. The van der Waals surface area contributed by atoms with Crippen LogP contribution < -0.4 is 21.7 Å². The van der Waals surface area contributed by atoms with Crippen LogP contribution in [0.3, 0.4) is 0 Å². The molecule has 1 fully saturated rings. The van der Waals surface area contributed by atoms with Gasteiger partial charge >= 0.3 is 5.97 Å². The topological polar surface area (TPSA) is 157 Å². The van der Waals surface area contributed by atoms with Crippen molar-refractivity contribution in [2.24, 2.45) is 5.73 Å². The third kappa shape index (κ3) is 7.17. The van der Waals surface area contributed by atoms with Crippen LogP contribution >= 0.6 is 11.3 Å². The number of nitrogen functional groups attached to an aromatic ring is 1. The molecule has 204 valence electrons. The van der Waals surface area contributed by atoms with Gasteiger partial charge in [0, 0.05) is 17.3 Å². The minimum Gasteiger partial charge on any atom is -0.481 e. The molecule has 10 heteroatoms. The number of ketones is 1. The number of Topliss-reactive ketones (excluding diaryl/α,β-unsaturated/α-hetero) is 1. The number of carboxylic acids is 1. The Hall–Kier alpha value is -3.86. The van der Waals surface area contributed by atoms with E-state index in [0.717, 1.165) is 24.1 Å². The van der Waals surface area contributed by atoms with Crippen LogP contribution in [0.2, 0.25) is 0 Å². The van der Waals surface area contributed by atoms with Crippen molar-refractivity contribution < 1.29 is 19.5 Å². The fourth-order valence-electron chi connectivity index (χ4n) is 4.89. The van der Waals surface area contributed by atoms with Gasteiger partial charge in [-0.05, 0) is 42.6 Å². The first kappa shape index (κ1) is 28.2. The number of hydrogen-bond donors (Lipinski definition) is 6. The van der Waals surface area contributed by atoms with E-state index in [2.05, 4.69) is 16.0 Å². The minimum absolute atomic E-state index is 0.0693. The monoisotopic (exact) mass is 547 g/mol. The minimum atomic E-state index is -0.978. The van der Waals surface area contributed by atoms with Gasteiger partial charge in [-0.2, -0.15) is 0 Å². The maximum Gasteiger partial charge on any atom is 0.304 e. The Bertz CT molecular complexity index is 1250. The van der Waals surface area contributed by atoms with Gasteiger partial charge < -0.3 is 26.8 Å². The van der Waals surface area contributed by atoms with E-state index in [9.17, 15) is 19.5 Å². The smallest absolute Gasteiger partial charge is 0.304 e. The Kier molecular flexibility index (Phi) is 9.59. The molecule has 1 aromatic heterocycles. The number of hydrogen-bond acceptors (Lipinski definition) is 7. The molecule has 39 heavy (non-hydrogen) atoms. The van der Waals surface area contributed by atoms with Crippen LogP contribution in [0, 0.1) is 5.41 Å². The van der Waals surface area contributed by atoms with Crippen molar-refractivity contribution in [3.8, 4) is 0 Å². The van der Waals surface area contributed by atoms with Gasteiger partial charge in [0.05, 0.1) is 23.4 Å². The second-order valence-electron chi connectivity index (χ2n) is 9.48. The predicted octanol–water partition coefficient (Wildman–Crippen LogP) is 2.78. The number of amides is 1. The average Bonchev–Trinajstić information content (AvgIpc) is 3.65. The summed E-state index contributed by atoms with van der Waals surface area (Å²) in [5.74, 6) is -2.11. The number of aliphatic carboxylic acids is 1. The van der Waals surface area contributed by atoms with Crippen molar-refractivity contribution in [2.75, 3.05) is 13.1 Å². The third-order valence-electron chi connectivity index (χ3n) is 6.79. The first-order valence-corrected chi connectivity index (χ1v) is 13.7. The van der Waals surface area contributed by atoms with Gasteiger partial charge in [0.2, 0.25) is 5.91 Å². The molecule has 0 radical (unpaired) electrons. The molecule has 3 aromatic rings. The molecule has 7 N–H and O–H groups in total. The van der Waals surface area contributed by atoms with Crippen LogP contribution in [0.1, 0.15) is 52.1 Å². The molecule has 1 aliphatic heterocycles. The molecular formula is C29H33N5O4S. The molecule has 2 heterocycles. The fraction of sp³-hybridized carbons (Fsp3) is 0.310. The summed E-state index contributed by atoms with van der Waals surface area (Å²) in [7, 11) is 0. The first-order chi connectivity index (χ1) is 18.8. The number of benzene rings is 2. The average molecular weight is 548 g/mol. The van der Waals surface area contributed by atoms with E-state index in [1.807, 2.05) is 60.7 Å². The summed E-state index contributed by atoms with van der Waals surface area (Å²) in [5, 5.41) is 26.4.